The maximum atomic E-state index is 8.94. The number of hydrogen-bond acceptors (Lipinski definition) is 3. The van der Waals surface area contributed by atoms with Gasteiger partial charge in [-0.05, 0) is 38.1 Å². The van der Waals surface area contributed by atoms with Gasteiger partial charge in [0.2, 0.25) is 0 Å². The van der Waals surface area contributed by atoms with Gasteiger partial charge in [-0.1, -0.05) is 13.3 Å². The maximum absolute atomic E-state index is 8.94. The first-order valence-electron chi connectivity index (χ1n) is 7.24. The van der Waals surface area contributed by atoms with E-state index in [-0.39, 0.29) is 0 Å². The number of rotatable bonds is 5. The normalized spacial score (nSPS) is 39.5. The highest BCUT2D eigenvalue weighted by Gasteiger charge is 2.66. The molecule has 2 N–H and O–H groups in total. The first-order valence-corrected chi connectivity index (χ1v) is 7.24. The number of aliphatic hydroxyl groups excluding tert-OH is 1. The van der Waals surface area contributed by atoms with Gasteiger partial charge < -0.3 is 15.2 Å². The Balaban J connectivity index is 1.55. The van der Waals surface area contributed by atoms with E-state index in [1.165, 1.54) is 25.7 Å². The monoisotopic (exact) mass is 239 g/mol. The molecule has 0 bridgehead atoms. The molecule has 0 aromatic carbocycles. The first-order chi connectivity index (χ1) is 8.28. The quantitative estimate of drug-likeness (QED) is 0.765. The van der Waals surface area contributed by atoms with Gasteiger partial charge in [-0.2, -0.15) is 0 Å². The Labute approximate surface area is 104 Å². The molecular weight excluding hydrogens is 214 g/mol. The van der Waals surface area contributed by atoms with Crippen molar-refractivity contribution in [2.45, 2.75) is 51.2 Å². The lowest BCUT2D eigenvalue weighted by molar-refractivity contribution is -0.176. The van der Waals surface area contributed by atoms with Gasteiger partial charge in [0.25, 0.3) is 0 Å². The molecule has 0 radical (unpaired) electrons. The van der Waals surface area contributed by atoms with Gasteiger partial charge in [0.1, 0.15) is 0 Å². The number of ether oxygens (including phenoxy) is 1. The van der Waals surface area contributed by atoms with Crippen LogP contribution >= 0.6 is 0 Å². The fraction of sp³-hybridized carbons (Fsp3) is 1.00. The minimum absolute atomic E-state index is 0.313. The van der Waals surface area contributed by atoms with Crippen molar-refractivity contribution in [3.63, 3.8) is 0 Å². The van der Waals surface area contributed by atoms with Crippen LogP contribution in [0.25, 0.3) is 0 Å². The summed E-state index contributed by atoms with van der Waals surface area (Å²) in [5.41, 5.74) is 0.500. The minimum Gasteiger partial charge on any atom is -0.396 e. The lowest BCUT2D eigenvalue weighted by Crippen LogP contribution is -2.71. The Morgan fingerprint density at radius 2 is 2.29 bits per heavy atom. The summed E-state index contributed by atoms with van der Waals surface area (Å²) in [4.78, 5) is 0. The summed E-state index contributed by atoms with van der Waals surface area (Å²) in [5, 5.41) is 12.7. The van der Waals surface area contributed by atoms with Crippen LogP contribution in [0.5, 0.6) is 0 Å². The van der Waals surface area contributed by atoms with Crippen molar-refractivity contribution in [1.29, 1.82) is 0 Å². The third-order valence-electron chi connectivity index (χ3n) is 5.34. The van der Waals surface area contributed by atoms with Crippen LogP contribution in [0.1, 0.15) is 39.0 Å². The molecule has 3 heteroatoms. The molecule has 3 aliphatic rings. The van der Waals surface area contributed by atoms with Gasteiger partial charge >= 0.3 is 0 Å². The lowest BCUT2D eigenvalue weighted by atomic mass is 9.46. The number of nitrogens with one attached hydrogen (secondary N) is 1. The van der Waals surface area contributed by atoms with E-state index in [1.807, 2.05) is 0 Å². The molecule has 2 aliphatic carbocycles. The van der Waals surface area contributed by atoms with Crippen molar-refractivity contribution < 1.29 is 9.84 Å². The zero-order valence-electron chi connectivity index (χ0n) is 10.8. The van der Waals surface area contributed by atoms with E-state index in [4.69, 9.17) is 9.84 Å². The summed E-state index contributed by atoms with van der Waals surface area (Å²) in [6.07, 6.45) is 6.84. The van der Waals surface area contributed by atoms with E-state index < -0.39 is 0 Å². The summed E-state index contributed by atoms with van der Waals surface area (Å²) in [6.45, 7) is 4.56. The van der Waals surface area contributed by atoms with Gasteiger partial charge in [-0.15, -0.1) is 0 Å². The topological polar surface area (TPSA) is 41.5 Å². The Kier molecular flexibility index (Phi) is 3.18. The van der Waals surface area contributed by atoms with Crippen LogP contribution < -0.4 is 5.32 Å². The highest BCUT2D eigenvalue weighted by Crippen LogP contribution is 2.62. The first kappa shape index (κ1) is 11.9. The SMILES string of the molecule is CC(CCO)CNC1C2CCOC2C12CCC2. The minimum atomic E-state index is 0.313. The Hall–Kier alpha value is -0.120. The molecule has 1 saturated heterocycles. The summed E-state index contributed by atoms with van der Waals surface area (Å²) < 4.78 is 5.91. The second-order valence-electron chi connectivity index (χ2n) is 6.33. The Morgan fingerprint density at radius 3 is 2.94 bits per heavy atom. The summed E-state index contributed by atoms with van der Waals surface area (Å²) in [5.74, 6) is 1.36. The van der Waals surface area contributed by atoms with E-state index in [1.54, 1.807) is 0 Å². The predicted octanol–water partition coefficient (Wildman–Crippen LogP) is 1.55. The maximum Gasteiger partial charge on any atom is 0.0690 e. The van der Waals surface area contributed by atoms with E-state index in [0.29, 0.717) is 30.1 Å². The van der Waals surface area contributed by atoms with Crippen LogP contribution in [0, 0.1) is 17.3 Å². The van der Waals surface area contributed by atoms with Gasteiger partial charge in [-0.25, -0.2) is 0 Å². The number of fused-ring (bicyclic) bond motifs is 2. The largest absolute Gasteiger partial charge is 0.396 e. The fourth-order valence-electron chi connectivity index (χ4n) is 4.21. The van der Waals surface area contributed by atoms with Crippen molar-refractivity contribution in [2.24, 2.45) is 17.3 Å². The second-order valence-corrected chi connectivity index (χ2v) is 6.33. The van der Waals surface area contributed by atoms with Crippen molar-refractivity contribution in [3.05, 3.63) is 0 Å². The molecule has 1 aliphatic heterocycles. The van der Waals surface area contributed by atoms with Crippen molar-refractivity contribution in [3.8, 4) is 0 Å². The molecule has 0 aromatic rings. The molecule has 0 amide bonds. The van der Waals surface area contributed by atoms with E-state index in [0.717, 1.165) is 25.5 Å². The molecule has 4 unspecified atom stereocenters. The molecule has 17 heavy (non-hydrogen) atoms. The van der Waals surface area contributed by atoms with E-state index in [2.05, 4.69) is 12.2 Å². The van der Waals surface area contributed by atoms with Gasteiger partial charge in [0, 0.05) is 30.6 Å². The molecule has 1 spiro atoms. The number of hydrogen-bond donors (Lipinski definition) is 2. The molecule has 3 fully saturated rings. The lowest BCUT2D eigenvalue weighted by Gasteiger charge is -2.63. The molecule has 0 aromatic heterocycles. The highest BCUT2D eigenvalue weighted by molar-refractivity contribution is 5.18. The fourth-order valence-corrected chi connectivity index (χ4v) is 4.21. The highest BCUT2D eigenvalue weighted by atomic mass is 16.5. The second kappa shape index (κ2) is 4.52. The van der Waals surface area contributed by atoms with Crippen LogP contribution in [-0.4, -0.2) is 37.0 Å². The molecule has 3 nitrogen and oxygen atoms in total. The average molecular weight is 239 g/mol. The molecule has 98 valence electrons. The predicted molar refractivity (Wildman–Crippen MR) is 66.8 cm³/mol. The molecule has 1 heterocycles. The van der Waals surface area contributed by atoms with Gasteiger partial charge in [-0.3, -0.25) is 0 Å². The standard InChI is InChI=1S/C14H25NO2/c1-10(3-7-16)9-15-12-11-4-8-17-13(11)14(12)5-2-6-14/h10-13,15-16H,2-9H2,1H3. The van der Waals surface area contributed by atoms with Gasteiger partial charge in [0.05, 0.1) is 6.10 Å². The summed E-state index contributed by atoms with van der Waals surface area (Å²) >= 11 is 0. The molecule has 3 rings (SSSR count). The Bertz CT molecular complexity index is 277. The molecule has 4 atom stereocenters. The third-order valence-corrected chi connectivity index (χ3v) is 5.34. The molecule has 2 saturated carbocycles. The van der Waals surface area contributed by atoms with E-state index in [9.17, 15) is 0 Å². The van der Waals surface area contributed by atoms with Crippen LogP contribution in [-0.2, 0) is 4.74 Å². The van der Waals surface area contributed by atoms with Crippen LogP contribution in [0.2, 0.25) is 0 Å². The number of aliphatic hydroxyl groups is 1. The van der Waals surface area contributed by atoms with Crippen LogP contribution in [0.15, 0.2) is 0 Å². The van der Waals surface area contributed by atoms with Crippen LogP contribution in [0.4, 0.5) is 0 Å². The Morgan fingerprint density at radius 1 is 1.47 bits per heavy atom. The zero-order valence-corrected chi connectivity index (χ0v) is 10.8. The average Bonchev–Trinajstić information content (AvgIpc) is 2.62. The zero-order chi connectivity index (χ0) is 11.9. The van der Waals surface area contributed by atoms with Gasteiger partial charge in [0.15, 0.2) is 0 Å². The van der Waals surface area contributed by atoms with E-state index >= 15 is 0 Å². The van der Waals surface area contributed by atoms with Crippen molar-refractivity contribution >= 4 is 0 Å². The molecular formula is C14H25NO2. The van der Waals surface area contributed by atoms with Crippen LogP contribution in [0.3, 0.4) is 0 Å². The summed E-state index contributed by atoms with van der Waals surface area (Å²) in [7, 11) is 0. The smallest absolute Gasteiger partial charge is 0.0690 e. The van der Waals surface area contributed by atoms with Crippen molar-refractivity contribution in [1.82, 2.24) is 5.32 Å². The third kappa shape index (κ3) is 1.74. The summed E-state index contributed by atoms with van der Waals surface area (Å²) in [6, 6.07) is 0.699. The van der Waals surface area contributed by atoms with Crippen molar-refractivity contribution in [2.75, 3.05) is 19.8 Å².